The number of rotatable bonds is 4. The number of nitrogens with zero attached hydrogens (tertiary/aromatic N) is 1. The second-order valence-corrected chi connectivity index (χ2v) is 2.32. The largest absolute Gasteiger partial charge is 0.368 e. The molecule has 0 aromatic heterocycles. The molecule has 0 spiro atoms. The van der Waals surface area contributed by atoms with E-state index in [1.54, 1.807) is 0 Å². The van der Waals surface area contributed by atoms with E-state index in [4.69, 9.17) is 5.11 Å². The fourth-order valence-electron chi connectivity index (χ4n) is 0.705. The van der Waals surface area contributed by atoms with Crippen molar-refractivity contribution in [1.82, 2.24) is 4.90 Å². The molecule has 0 radical (unpaired) electrons. The van der Waals surface area contributed by atoms with Crippen LogP contribution in [0, 0.1) is 0 Å². The van der Waals surface area contributed by atoms with Crippen LogP contribution in [0.25, 0.3) is 0 Å². The molecule has 1 aliphatic heterocycles. The van der Waals surface area contributed by atoms with Crippen LogP contribution >= 0.6 is 0 Å². The maximum Gasteiger partial charge on any atom is 0.155 e. The van der Waals surface area contributed by atoms with E-state index in [-0.39, 0.29) is 0 Å². The fourth-order valence-corrected chi connectivity index (χ4v) is 0.705. The average molecular weight is 131 g/mol. The number of hydrogen-bond acceptors (Lipinski definition) is 3. The SMILES string of the molecule is COC(O)CCN1CC1. The first-order valence-corrected chi connectivity index (χ1v) is 3.26. The van der Waals surface area contributed by atoms with Crippen LogP contribution in [0.1, 0.15) is 6.42 Å². The van der Waals surface area contributed by atoms with E-state index < -0.39 is 6.29 Å². The van der Waals surface area contributed by atoms with E-state index in [1.165, 1.54) is 20.2 Å². The van der Waals surface area contributed by atoms with E-state index in [9.17, 15) is 0 Å². The molecule has 3 heteroatoms. The highest BCUT2D eigenvalue weighted by molar-refractivity contribution is 4.71. The van der Waals surface area contributed by atoms with Crippen LogP contribution in [0.2, 0.25) is 0 Å². The molecule has 1 rings (SSSR count). The second kappa shape index (κ2) is 3.15. The molecule has 0 aromatic carbocycles. The zero-order valence-electron chi connectivity index (χ0n) is 5.71. The first kappa shape index (κ1) is 6.99. The summed E-state index contributed by atoms with van der Waals surface area (Å²) in [6, 6.07) is 0. The van der Waals surface area contributed by atoms with Gasteiger partial charge in [-0.25, -0.2) is 0 Å². The quantitative estimate of drug-likeness (QED) is 0.418. The molecular formula is C6H13NO2. The van der Waals surface area contributed by atoms with Crippen molar-refractivity contribution in [2.45, 2.75) is 12.7 Å². The molecule has 1 heterocycles. The van der Waals surface area contributed by atoms with Gasteiger partial charge < -0.3 is 14.7 Å². The van der Waals surface area contributed by atoms with E-state index in [1.807, 2.05) is 0 Å². The number of aliphatic hydroxyl groups is 1. The van der Waals surface area contributed by atoms with Crippen LogP contribution in [-0.4, -0.2) is 43.0 Å². The molecule has 0 aromatic rings. The van der Waals surface area contributed by atoms with Gasteiger partial charge in [-0.2, -0.15) is 0 Å². The lowest BCUT2D eigenvalue weighted by atomic mass is 10.4. The van der Waals surface area contributed by atoms with Crippen molar-refractivity contribution in [3.63, 3.8) is 0 Å². The van der Waals surface area contributed by atoms with Crippen molar-refractivity contribution in [2.24, 2.45) is 0 Å². The summed E-state index contributed by atoms with van der Waals surface area (Å²) < 4.78 is 4.66. The smallest absolute Gasteiger partial charge is 0.155 e. The van der Waals surface area contributed by atoms with Gasteiger partial charge in [-0.15, -0.1) is 0 Å². The Bertz CT molecular complexity index is 83.1. The minimum atomic E-state index is -0.564. The van der Waals surface area contributed by atoms with E-state index in [2.05, 4.69) is 9.64 Å². The lowest BCUT2D eigenvalue weighted by Crippen LogP contribution is -2.14. The standard InChI is InChI=1S/C6H13NO2/c1-9-6(8)2-3-7-4-5-7/h6,8H,2-5H2,1H3. The average Bonchev–Trinajstić information content (AvgIpc) is 2.65. The predicted molar refractivity (Wildman–Crippen MR) is 34.1 cm³/mol. The summed E-state index contributed by atoms with van der Waals surface area (Å²) in [7, 11) is 1.52. The number of aliphatic hydroxyl groups excluding tert-OH is 1. The highest BCUT2D eigenvalue weighted by atomic mass is 16.6. The molecule has 1 fully saturated rings. The first-order valence-electron chi connectivity index (χ1n) is 3.26. The van der Waals surface area contributed by atoms with Gasteiger partial charge in [-0.3, -0.25) is 0 Å². The van der Waals surface area contributed by atoms with Gasteiger partial charge in [-0.05, 0) is 0 Å². The first-order chi connectivity index (χ1) is 4.33. The van der Waals surface area contributed by atoms with Gasteiger partial charge in [0.15, 0.2) is 6.29 Å². The summed E-state index contributed by atoms with van der Waals surface area (Å²) in [5.41, 5.74) is 0. The summed E-state index contributed by atoms with van der Waals surface area (Å²) in [4.78, 5) is 2.25. The molecule has 0 aliphatic carbocycles. The number of ether oxygens (including phenoxy) is 1. The van der Waals surface area contributed by atoms with E-state index >= 15 is 0 Å². The van der Waals surface area contributed by atoms with Crippen molar-refractivity contribution in [3.05, 3.63) is 0 Å². The molecule has 9 heavy (non-hydrogen) atoms. The maximum atomic E-state index is 8.89. The van der Waals surface area contributed by atoms with Crippen molar-refractivity contribution >= 4 is 0 Å². The molecular weight excluding hydrogens is 118 g/mol. The Balaban J connectivity index is 1.90. The van der Waals surface area contributed by atoms with Crippen LogP contribution in [0.3, 0.4) is 0 Å². The van der Waals surface area contributed by atoms with Crippen molar-refractivity contribution in [3.8, 4) is 0 Å². The van der Waals surface area contributed by atoms with Crippen LogP contribution in [-0.2, 0) is 4.74 Å². The Kier molecular flexibility index (Phi) is 2.45. The summed E-state index contributed by atoms with van der Waals surface area (Å²) in [6.07, 6.45) is 0.168. The monoisotopic (exact) mass is 131 g/mol. The normalized spacial score (nSPS) is 22.0. The predicted octanol–water partition coefficient (Wildman–Crippen LogP) is -0.343. The third kappa shape index (κ3) is 2.79. The van der Waals surface area contributed by atoms with Crippen LogP contribution in [0.4, 0.5) is 0 Å². The minimum absolute atomic E-state index is 0.564. The van der Waals surface area contributed by atoms with Crippen LogP contribution < -0.4 is 0 Å². The van der Waals surface area contributed by atoms with Gasteiger partial charge in [0, 0.05) is 33.2 Å². The zero-order chi connectivity index (χ0) is 6.69. The summed E-state index contributed by atoms with van der Waals surface area (Å²) in [5.74, 6) is 0. The summed E-state index contributed by atoms with van der Waals surface area (Å²) in [5, 5.41) is 8.89. The third-order valence-corrected chi connectivity index (χ3v) is 1.50. The number of methoxy groups -OCH3 is 1. The lowest BCUT2D eigenvalue weighted by molar-refractivity contribution is -0.0792. The maximum absolute atomic E-state index is 8.89. The van der Waals surface area contributed by atoms with Crippen molar-refractivity contribution in [1.29, 1.82) is 0 Å². The topological polar surface area (TPSA) is 32.5 Å². The van der Waals surface area contributed by atoms with Gasteiger partial charge in [0.2, 0.25) is 0 Å². The summed E-state index contributed by atoms with van der Waals surface area (Å²) >= 11 is 0. The second-order valence-electron chi connectivity index (χ2n) is 2.32. The zero-order valence-corrected chi connectivity index (χ0v) is 5.71. The van der Waals surface area contributed by atoms with E-state index in [0.29, 0.717) is 0 Å². The Labute approximate surface area is 55.2 Å². The van der Waals surface area contributed by atoms with Crippen molar-refractivity contribution < 1.29 is 9.84 Å². The molecule has 0 saturated carbocycles. The highest BCUT2D eigenvalue weighted by Crippen LogP contribution is 2.05. The van der Waals surface area contributed by atoms with E-state index in [0.717, 1.165) is 13.0 Å². The van der Waals surface area contributed by atoms with Gasteiger partial charge in [0.1, 0.15) is 0 Å². The molecule has 1 unspecified atom stereocenters. The van der Waals surface area contributed by atoms with Crippen molar-refractivity contribution in [2.75, 3.05) is 26.7 Å². The molecule has 3 nitrogen and oxygen atoms in total. The number of hydrogen-bond donors (Lipinski definition) is 1. The summed E-state index contributed by atoms with van der Waals surface area (Å²) in [6.45, 7) is 3.35. The minimum Gasteiger partial charge on any atom is -0.368 e. The third-order valence-electron chi connectivity index (χ3n) is 1.50. The Morgan fingerprint density at radius 2 is 2.33 bits per heavy atom. The van der Waals surface area contributed by atoms with Gasteiger partial charge in [0.05, 0.1) is 0 Å². The molecule has 54 valence electrons. The van der Waals surface area contributed by atoms with Crippen LogP contribution in [0.15, 0.2) is 0 Å². The molecule has 1 aliphatic rings. The molecule has 0 amide bonds. The fraction of sp³-hybridized carbons (Fsp3) is 1.00. The highest BCUT2D eigenvalue weighted by Gasteiger charge is 2.17. The molecule has 0 bridgehead atoms. The molecule has 1 saturated heterocycles. The molecule has 1 N–H and O–H groups in total. The van der Waals surface area contributed by atoms with Gasteiger partial charge >= 0.3 is 0 Å². The van der Waals surface area contributed by atoms with Gasteiger partial charge in [0.25, 0.3) is 0 Å². The van der Waals surface area contributed by atoms with Gasteiger partial charge in [-0.1, -0.05) is 0 Å². The Morgan fingerprint density at radius 3 is 2.78 bits per heavy atom. The molecule has 1 atom stereocenters. The Hall–Kier alpha value is -0.120. The van der Waals surface area contributed by atoms with Crippen LogP contribution in [0.5, 0.6) is 0 Å². The lowest BCUT2D eigenvalue weighted by Gasteiger charge is -2.06. The Morgan fingerprint density at radius 1 is 1.67 bits per heavy atom.